The van der Waals surface area contributed by atoms with Gasteiger partial charge in [-0.05, 0) is 64.8 Å². The third-order valence-corrected chi connectivity index (χ3v) is 6.34. The number of anilines is 1. The van der Waals surface area contributed by atoms with E-state index in [4.69, 9.17) is 0 Å². The number of benzene rings is 1. The van der Waals surface area contributed by atoms with Crippen LogP contribution in [-0.4, -0.2) is 43.9 Å². The summed E-state index contributed by atoms with van der Waals surface area (Å²) in [6.45, 7) is 9.83. The molecule has 30 heavy (non-hydrogen) atoms. The minimum absolute atomic E-state index is 0.0900. The van der Waals surface area contributed by atoms with E-state index in [1.807, 2.05) is 7.05 Å². The van der Waals surface area contributed by atoms with Crippen LogP contribution < -0.4 is 10.0 Å². The maximum Gasteiger partial charge on any atom is 0.199 e. The van der Waals surface area contributed by atoms with E-state index in [-0.39, 0.29) is 11.8 Å². The quantitative estimate of drug-likeness (QED) is 0.679. The third kappa shape index (κ3) is 4.00. The predicted molar refractivity (Wildman–Crippen MR) is 123 cm³/mol. The van der Waals surface area contributed by atoms with Crippen LogP contribution in [0.5, 0.6) is 0 Å². The summed E-state index contributed by atoms with van der Waals surface area (Å²) in [6, 6.07) is 6.71. The minimum atomic E-state index is -0.987. The number of allylic oxidation sites excluding steroid dienone is 6. The van der Waals surface area contributed by atoms with Gasteiger partial charge in [0.25, 0.3) is 0 Å². The van der Waals surface area contributed by atoms with Crippen molar-refractivity contribution in [2.24, 2.45) is 5.92 Å². The zero-order chi connectivity index (χ0) is 22.2. The summed E-state index contributed by atoms with van der Waals surface area (Å²) in [5, 5.41) is 10.8. The van der Waals surface area contributed by atoms with Crippen LogP contribution in [0.25, 0.3) is 5.57 Å². The third-order valence-electron chi connectivity index (χ3n) is 6.34. The van der Waals surface area contributed by atoms with Gasteiger partial charge >= 0.3 is 0 Å². The first-order valence-corrected chi connectivity index (χ1v) is 10.8. The molecule has 0 spiro atoms. The van der Waals surface area contributed by atoms with Crippen LogP contribution in [-0.2, 0) is 10.2 Å². The number of rotatable bonds is 6. The number of nitrogens with zero attached hydrogens (tertiary/aromatic N) is 2. The average Bonchev–Trinajstić information content (AvgIpc) is 2.67. The molecule has 0 unspecified atom stereocenters. The molecule has 0 fully saturated rings. The van der Waals surface area contributed by atoms with Gasteiger partial charge in [0.05, 0.1) is 0 Å². The Bertz CT molecular complexity index is 986. The molecule has 1 aromatic rings. The highest BCUT2D eigenvalue weighted by Crippen LogP contribution is 2.50. The summed E-state index contributed by atoms with van der Waals surface area (Å²) in [5.74, 6) is -0.574. The molecule has 0 radical (unpaired) electrons. The van der Waals surface area contributed by atoms with Crippen molar-refractivity contribution in [2.45, 2.75) is 46.0 Å². The number of aliphatic carboxylic acids is 1. The van der Waals surface area contributed by atoms with Crippen LogP contribution in [0.2, 0.25) is 0 Å². The zero-order valence-corrected chi connectivity index (χ0v) is 19.4. The first kappa shape index (κ1) is 22.1. The highest BCUT2D eigenvalue weighted by atomic mass is 16.4. The van der Waals surface area contributed by atoms with Gasteiger partial charge in [0, 0.05) is 42.8 Å². The Hall–Kier alpha value is -2.62. The molecule has 0 heterocycles. The second kappa shape index (κ2) is 8.25. The lowest BCUT2D eigenvalue weighted by Gasteiger charge is -2.40. The lowest BCUT2D eigenvalue weighted by Crippen LogP contribution is -2.31. The summed E-state index contributed by atoms with van der Waals surface area (Å²) in [5.41, 5.74) is 8.97. The molecule has 4 heteroatoms. The maximum absolute atomic E-state index is 10.8. The topological polar surface area (TPSA) is 46.4 Å². The van der Waals surface area contributed by atoms with Crippen molar-refractivity contribution in [1.29, 1.82) is 0 Å². The molecule has 0 aromatic heterocycles. The number of carboxylic acid groups (broad SMARTS) is 1. The molecular formula is C26H34N2O2. The summed E-state index contributed by atoms with van der Waals surface area (Å²) in [7, 11) is 6.19. The lowest BCUT2D eigenvalue weighted by molar-refractivity contribution is -0.462. The molecule has 0 atom stereocenters. The van der Waals surface area contributed by atoms with Gasteiger partial charge in [-0.1, -0.05) is 33.8 Å². The highest BCUT2D eigenvalue weighted by molar-refractivity contribution is 6.05. The van der Waals surface area contributed by atoms with Crippen molar-refractivity contribution in [2.75, 3.05) is 32.6 Å². The van der Waals surface area contributed by atoms with Gasteiger partial charge in [0.1, 0.15) is 14.1 Å². The van der Waals surface area contributed by atoms with Crippen molar-refractivity contribution >= 4 is 22.9 Å². The molecule has 2 aliphatic rings. The molecule has 0 saturated heterocycles. The number of hydrogen-bond donors (Lipinski definition) is 0. The highest BCUT2D eigenvalue weighted by Gasteiger charge is 2.38. The molecule has 0 aliphatic heterocycles. The van der Waals surface area contributed by atoms with E-state index < -0.39 is 5.97 Å². The molecule has 160 valence electrons. The van der Waals surface area contributed by atoms with E-state index in [0.717, 1.165) is 5.69 Å². The Labute approximate surface area is 180 Å². The molecule has 1 aromatic carbocycles. The fourth-order valence-corrected chi connectivity index (χ4v) is 4.59. The van der Waals surface area contributed by atoms with Crippen LogP contribution in [0.3, 0.4) is 0 Å². The normalized spacial score (nSPS) is 16.9. The first-order valence-electron chi connectivity index (χ1n) is 10.8. The summed E-state index contributed by atoms with van der Waals surface area (Å²) in [6.07, 6.45) is 7.49. The number of carbonyl (C=O) groups is 1. The Balaban J connectivity index is 2.11. The number of hydrogen-bond acceptors (Lipinski definition) is 3. The van der Waals surface area contributed by atoms with Gasteiger partial charge in [0.15, 0.2) is 5.71 Å². The summed E-state index contributed by atoms with van der Waals surface area (Å²) in [4.78, 5) is 12.9. The van der Waals surface area contributed by atoms with Crippen molar-refractivity contribution in [3.8, 4) is 0 Å². The minimum Gasteiger partial charge on any atom is -0.550 e. The van der Waals surface area contributed by atoms with Crippen LogP contribution in [0, 0.1) is 5.92 Å². The second-order valence-electron chi connectivity index (χ2n) is 9.44. The molecular weight excluding hydrogens is 372 g/mol. The van der Waals surface area contributed by atoms with E-state index >= 15 is 0 Å². The second-order valence-corrected chi connectivity index (χ2v) is 9.44. The molecule has 4 nitrogen and oxygen atoms in total. The number of fused-ring (bicyclic) bond motifs is 2. The SMILES string of the molecule is CC(C)C1=C2C=CC(=[N+](C)C)C=C2C(C)(C)c2cc(N(C)CCCC(=O)[O-])ccc21. The van der Waals surface area contributed by atoms with E-state index in [1.165, 1.54) is 33.6 Å². The standard InChI is InChI=1S/C26H34N2O2/c1-17(2)25-20-12-10-18(27(5)6)15-22(20)26(3,4)23-16-19(11-13-21(23)25)28(7)14-8-9-24(29)30/h10-13,15-17H,8-9,14H2,1-7H3. The zero-order valence-electron chi connectivity index (χ0n) is 19.4. The van der Waals surface area contributed by atoms with Crippen molar-refractivity contribution in [1.82, 2.24) is 0 Å². The molecule has 2 aliphatic carbocycles. The molecule has 0 bridgehead atoms. The summed E-state index contributed by atoms with van der Waals surface area (Å²) < 4.78 is 2.16. The fourth-order valence-electron chi connectivity index (χ4n) is 4.59. The van der Waals surface area contributed by atoms with Gasteiger partial charge in [-0.15, -0.1) is 0 Å². The van der Waals surface area contributed by atoms with Gasteiger partial charge in [0.2, 0.25) is 0 Å². The number of carbonyl (C=O) groups excluding carboxylic acids is 1. The lowest BCUT2D eigenvalue weighted by atomic mass is 9.63. The van der Waals surface area contributed by atoms with Gasteiger partial charge < -0.3 is 14.8 Å². The Kier molecular flexibility index (Phi) is 6.07. The molecule has 0 amide bonds. The monoisotopic (exact) mass is 406 g/mol. The van der Waals surface area contributed by atoms with Crippen molar-refractivity contribution in [3.63, 3.8) is 0 Å². The Morgan fingerprint density at radius 1 is 1.20 bits per heavy atom. The number of carboxylic acids is 1. The van der Waals surface area contributed by atoms with Crippen LogP contribution in [0.15, 0.2) is 47.6 Å². The first-order chi connectivity index (χ1) is 14.0. The van der Waals surface area contributed by atoms with Gasteiger partial charge in [-0.3, -0.25) is 0 Å². The van der Waals surface area contributed by atoms with Crippen LogP contribution in [0.4, 0.5) is 5.69 Å². The smallest absolute Gasteiger partial charge is 0.199 e. The van der Waals surface area contributed by atoms with Gasteiger partial charge in [-0.25, -0.2) is 4.58 Å². The Morgan fingerprint density at radius 2 is 1.90 bits per heavy atom. The van der Waals surface area contributed by atoms with Crippen molar-refractivity contribution < 1.29 is 14.5 Å². The van der Waals surface area contributed by atoms with Crippen molar-refractivity contribution in [3.05, 3.63) is 58.7 Å². The Morgan fingerprint density at radius 3 is 2.50 bits per heavy atom. The van der Waals surface area contributed by atoms with Crippen LogP contribution >= 0.6 is 0 Å². The van der Waals surface area contributed by atoms with E-state index in [2.05, 4.69) is 87.7 Å². The summed E-state index contributed by atoms with van der Waals surface area (Å²) >= 11 is 0. The van der Waals surface area contributed by atoms with E-state index in [1.54, 1.807) is 0 Å². The van der Waals surface area contributed by atoms with Crippen LogP contribution in [0.1, 0.15) is 51.7 Å². The van der Waals surface area contributed by atoms with Gasteiger partial charge in [-0.2, -0.15) is 0 Å². The predicted octanol–water partition coefficient (Wildman–Crippen LogP) is 3.56. The largest absolute Gasteiger partial charge is 0.550 e. The van der Waals surface area contributed by atoms with E-state index in [0.29, 0.717) is 18.9 Å². The molecule has 0 N–H and O–H groups in total. The van der Waals surface area contributed by atoms with E-state index in [9.17, 15) is 9.90 Å². The fraction of sp³-hybridized carbons (Fsp3) is 0.462. The molecule has 0 saturated carbocycles. The molecule has 3 rings (SSSR count). The maximum atomic E-state index is 10.8. The average molecular weight is 407 g/mol.